The Balaban J connectivity index is 1.52. The predicted molar refractivity (Wildman–Crippen MR) is 98.8 cm³/mol. The van der Waals surface area contributed by atoms with Crippen LogP contribution in [0.1, 0.15) is 16.2 Å². The van der Waals surface area contributed by atoms with Gasteiger partial charge in [0, 0.05) is 10.7 Å². The van der Waals surface area contributed by atoms with Gasteiger partial charge in [0.2, 0.25) is 5.82 Å². The first-order valence-corrected chi connectivity index (χ1v) is 8.37. The fourth-order valence-corrected chi connectivity index (χ4v) is 2.54. The van der Waals surface area contributed by atoms with Gasteiger partial charge in [0.25, 0.3) is 0 Å². The normalized spacial score (nSPS) is 10.7. The number of carbonyl (C=O) groups excluding carboxylic acids is 1. The van der Waals surface area contributed by atoms with Crippen LogP contribution >= 0.6 is 11.6 Å². The summed E-state index contributed by atoms with van der Waals surface area (Å²) in [6, 6.07) is 14.5. The first kappa shape index (κ1) is 16.9. The lowest BCUT2D eigenvalue weighted by Crippen LogP contribution is -2.12. The zero-order valence-corrected chi connectivity index (χ0v) is 14.9. The fraction of sp³-hybridized carbons (Fsp3) is 0.0556. The van der Waals surface area contributed by atoms with E-state index in [4.69, 9.17) is 16.1 Å². The van der Waals surface area contributed by atoms with Crippen LogP contribution in [0.3, 0.4) is 0 Å². The number of halogens is 1. The van der Waals surface area contributed by atoms with Crippen molar-refractivity contribution in [3.63, 3.8) is 0 Å². The van der Waals surface area contributed by atoms with E-state index in [9.17, 15) is 4.79 Å². The van der Waals surface area contributed by atoms with E-state index in [-0.39, 0.29) is 11.7 Å². The second-order valence-electron chi connectivity index (χ2n) is 5.77. The van der Waals surface area contributed by atoms with Crippen molar-refractivity contribution in [2.24, 2.45) is 0 Å². The molecule has 0 aliphatic carbocycles. The molecule has 9 heteroatoms. The molecule has 0 saturated heterocycles. The van der Waals surface area contributed by atoms with Gasteiger partial charge in [0.05, 0.1) is 11.9 Å². The zero-order chi connectivity index (χ0) is 18.8. The molecule has 0 aliphatic rings. The lowest BCUT2D eigenvalue weighted by molar-refractivity contribution is 0.0981. The number of hydrogen-bond donors (Lipinski definition) is 1. The highest BCUT2D eigenvalue weighted by molar-refractivity contribution is 6.30. The van der Waals surface area contributed by atoms with E-state index in [0.717, 1.165) is 11.3 Å². The number of amides is 1. The lowest BCUT2D eigenvalue weighted by Gasteiger charge is -2.01. The van der Waals surface area contributed by atoms with Crippen LogP contribution in [-0.4, -0.2) is 31.0 Å². The van der Waals surface area contributed by atoms with Gasteiger partial charge >= 0.3 is 11.8 Å². The van der Waals surface area contributed by atoms with Crippen LogP contribution < -0.4 is 5.32 Å². The largest absolute Gasteiger partial charge is 0.328 e. The molecule has 0 bridgehead atoms. The number of carbonyl (C=O) groups is 1. The van der Waals surface area contributed by atoms with Crippen LogP contribution in [-0.2, 0) is 0 Å². The minimum absolute atomic E-state index is 0.164. The summed E-state index contributed by atoms with van der Waals surface area (Å²) in [6.45, 7) is 1.96. The van der Waals surface area contributed by atoms with Gasteiger partial charge in [-0.3, -0.25) is 4.79 Å². The predicted octanol–water partition coefficient (Wildman–Crippen LogP) is 3.53. The molecule has 4 rings (SSSR count). The topological polar surface area (TPSA) is 98.7 Å². The summed E-state index contributed by atoms with van der Waals surface area (Å²) in [7, 11) is 0. The monoisotopic (exact) mass is 380 g/mol. The number of nitrogens with zero attached hydrogens (tertiary/aromatic N) is 5. The summed E-state index contributed by atoms with van der Waals surface area (Å²) in [5.74, 6) is -0.500. The minimum atomic E-state index is -0.500. The summed E-state index contributed by atoms with van der Waals surface area (Å²) in [5, 5.41) is 15.1. The summed E-state index contributed by atoms with van der Waals surface area (Å²) < 4.78 is 6.57. The van der Waals surface area contributed by atoms with Gasteiger partial charge in [0.15, 0.2) is 5.69 Å². The number of aryl methyl sites for hydroxylation is 1. The molecule has 2 aromatic heterocycles. The maximum absolute atomic E-state index is 12.2. The van der Waals surface area contributed by atoms with Gasteiger partial charge in [-0.25, -0.2) is 4.68 Å². The second kappa shape index (κ2) is 7.00. The van der Waals surface area contributed by atoms with Crippen LogP contribution in [0.4, 0.5) is 5.69 Å². The number of anilines is 1. The maximum atomic E-state index is 12.2. The Morgan fingerprint density at radius 3 is 2.78 bits per heavy atom. The number of benzene rings is 2. The fourth-order valence-electron chi connectivity index (χ4n) is 2.35. The van der Waals surface area contributed by atoms with Crippen molar-refractivity contribution in [1.82, 2.24) is 25.1 Å². The highest BCUT2D eigenvalue weighted by Gasteiger charge is 2.18. The molecular weight excluding hydrogens is 368 g/mol. The summed E-state index contributed by atoms with van der Waals surface area (Å²) in [6.07, 6.45) is 1.62. The van der Waals surface area contributed by atoms with E-state index in [1.165, 1.54) is 4.68 Å². The number of aromatic nitrogens is 5. The molecular formula is C18H13ClN6O2. The van der Waals surface area contributed by atoms with E-state index in [2.05, 4.69) is 25.8 Å². The first-order valence-electron chi connectivity index (χ1n) is 7.99. The summed E-state index contributed by atoms with van der Waals surface area (Å²) in [5.41, 5.74) is 2.84. The van der Waals surface area contributed by atoms with Crippen LogP contribution in [0.25, 0.3) is 17.2 Å². The molecule has 2 heterocycles. The van der Waals surface area contributed by atoms with E-state index in [0.29, 0.717) is 16.4 Å². The molecule has 0 unspecified atom stereocenters. The van der Waals surface area contributed by atoms with Crippen molar-refractivity contribution >= 4 is 23.2 Å². The molecule has 0 aliphatic heterocycles. The van der Waals surface area contributed by atoms with E-state index >= 15 is 0 Å². The molecule has 0 atom stereocenters. The zero-order valence-electron chi connectivity index (χ0n) is 14.1. The van der Waals surface area contributed by atoms with E-state index < -0.39 is 5.91 Å². The quantitative estimate of drug-likeness (QED) is 0.581. The molecule has 134 valence electrons. The molecule has 2 aromatic carbocycles. The minimum Gasteiger partial charge on any atom is -0.328 e. The summed E-state index contributed by atoms with van der Waals surface area (Å²) in [4.78, 5) is 16.3. The molecule has 0 saturated carbocycles. The third-order valence-electron chi connectivity index (χ3n) is 3.72. The van der Waals surface area contributed by atoms with Gasteiger partial charge < -0.3 is 9.84 Å². The van der Waals surface area contributed by atoms with E-state index in [1.807, 2.05) is 25.1 Å². The Bertz CT molecular complexity index is 1100. The van der Waals surface area contributed by atoms with Crippen molar-refractivity contribution in [2.45, 2.75) is 6.92 Å². The van der Waals surface area contributed by atoms with Crippen LogP contribution in [0.5, 0.6) is 0 Å². The van der Waals surface area contributed by atoms with Crippen molar-refractivity contribution in [3.8, 4) is 17.2 Å². The highest BCUT2D eigenvalue weighted by Crippen LogP contribution is 2.18. The van der Waals surface area contributed by atoms with Crippen molar-refractivity contribution < 1.29 is 9.32 Å². The molecule has 1 amide bonds. The van der Waals surface area contributed by atoms with Gasteiger partial charge in [-0.2, -0.15) is 4.98 Å². The van der Waals surface area contributed by atoms with E-state index in [1.54, 1.807) is 36.5 Å². The van der Waals surface area contributed by atoms with Crippen LogP contribution in [0.15, 0.2) is 59.3 Å². The van der Waals surface area contributed by atoms with Gasteiger partial charge in [-0.1, -0.05) is 45.7 Å². The number of nitrogens with one attached hydrogen (secondary N) is 1. The molecule has 4 aromatic rings. The Morgan fingerprint density at radius 1 is 1.19 bits per heavy atom. The van der Waals surface area contributed by atoms with Crippen LogP contribution in [0.2, 0.25) is 5.02 Å². The maximum Gasteiger partial charge on any atom is 0.316 e. The third kappa shape index (κ3) is 3.70. The third-order valence-corrected chi connectivity index (χ3v) is 3.96. The lowest BCUT2D eigenvalue weighted by atomic mass is 10.2. The highest BCUT2D eigenvalue weighted by atomic mass is 35.5. The smallest absolute Gasteiger partial charge is 0.316 e. The molecule has 0 fully saturated rings. The average Bonchev–Trinajstić information content (AvgIpc) is 3.33. The van der Waals surface area contributed by atoms with Crippen LogP contribution in [0, 0.1) is 6.92 Å². The van der Waals surface area contributed by atoms with Gasteiger partial charge in [0.1, 0.15) is 0 Å². The van der Waals surface area contributed by atoms with Crippen molar-refractivity contribution in [3.05, 3.63) is 71.2 Å². The van der Waals surface area contributed by atoms with Gasteiger partial charge in [-0.15, -0.1) is 5.10 Å². The Kier molecular flexibility index (Phi) is 4.39. The molecule has 8 nitrogen and oxygen atoms in total. The molecule has 0 radical (unpaired) electrons. The van der Waals surface area contributed by atoms with Crippen molar-refractivity contribution in [1.29, 1.82) is 0 Å². The average molecular weight is 381 g/mol. The Morgan fingerprint density at radius 2 is 2.00 bits per heavy atom. The molecule has 27 heavy (non-hydrogen) atoms. The second-order valence-corrected chi connectivity index (χ2v) is 6.21. The molecule has 1 N–H and O–H groups in total. The summed E-state index contributed by atoms with van der Waals surface area (Å²) >= 11 is 5.99. The number of hydrogen-bond acceptors (Lipinski definition) is 6. The Labute approximate surface area is 158 Å². The number of rotatable bonds is 4. The standard InChI is InChI=1S/C18H13ClN6O2/c1-11-5-7-13(8-6-11)20-17(26)18-21-16(23-27-18)15-10-25(24-22-15)14-4-2-3-12(19)9-14/h2-10H,1H3,(H,20,26). The van der Waals surface area contributed by atoms with Gasteiger partial charge in [-0.05, 0) is 37.3 Å². The van der Waals surface area contributed by atoms with Crippen molar-refractivity contribution in [2.75, 3.05) is 5.32 Å². The Hall–Kier alpha value is -3.52. The SMILES string of the molecule is Cc1ccc(NC(=O)c2nc(-c3cn(-c4cccc(Cl)c4)nn3)no2)cc1. The first-order chi connectivity index (χ1) is 13.1. The molecule has 0 spiro atoms.